The highest BCUT2D eigenvalue weighted by Gasteiger charge is 2.44. The topological polar surface area (TPSA) is 52.3 Å². The van der Waals surface area contributed by atoms with E-state index in [1.807, 2.05) is 0 Å². The number of alkyl halides is 3. The largest absolute Gasteiger partial charge is 0.419 e. The Kier molecular flexibility index (Phi) is 3.78. The smallest absolute Gasteiger partial charge is 0.300 e. The number of halogens is 3. The van der Waals surface area contributed by atoms with Crippen LogP contribution in [0, 0.1) is 0 Å². The molecule has 0 saturated heterocycles. The average Bonchev–Trinajstić information content (AvgIpc) is 2.13. The van der Waals surface area contributed by atoms with Crippen LogP contribution in [-0.2, 0) is 9.09 Å². The Morgan fingerprint density at radius 2 is 1.81 bits per heavy atom. The van der Waals surface area contributed by atoms with Crippen molar-refractivity contribution in [3.05, 3.63) is 35.9 Å². The lowest BCUT2D eigenvalue weighted by Crippen LogP contribution is -2.23. The van der Waals surface area contributed by atoms with Crippen molar-refractivity contribution in [3.63, 3.8) is 0 Å². The molecule has 1 aromatic carbocycles. The van der Waals surface area contributed by atoms with Crippen molar-refractivity contribution in [1.82, 2.24) is 0 Å². The van der Waals surface area contributed by atoms with Crippen LogP contribution in [0.25, 0.3) is 0 Å². The molecular weight excluding hydrogens is 242 g/mol. The highest BCUT2D eigenvalue weighted by molar-refractivity contribution is 7.55. The van der Waals surface area contributed by atoms with Crippen LogP contribution in [-0.4, -0.2) is 12.8 Å². The van der Waals surface area contributed by atoms with Gasteiger partial charge in [-0.15, -0.1) is 0 Å². The van der Waals surface area contributed by atoms with Gasteiger partial charge in [-0.05, 0) is 5.56 Å². The number of rotatable bonds is 3. The van der Waals surface area contributed by atoms with Gasteiger partial charge in [-0.2, -0.15) is 13.2 Å². The minimum absolute atomic E-state index is 0.123. The maximum absolute atomic E-state index is 12.6. The maximum Gasteiger partial charge on any atom is 0.419 e. The zero-order valence-electron chi connectivity index (χ0n) is 8.44. The van der Waals surface area contributed by atoms with Gasteiger partial charge >= 0.3 is 6.18 Å². The van der Waals surface area contributed by atoms with Crippen LogP contribution in [0.4, 0.5) is 13.2 Å². The summed E-state index contributed by atoms with van der Waals surface area (Å²) in [5, 5.41) is 0. The van der Waals surface area contributed by atoms with Crippen molar-refractivity contribution >= 4 is 7.52 Å². The zero-order chi connectivity index (χ0) is 12.4. The van der Waals surface area contributed by atoms with Gasteiger partial charge in [0.1, 0.15) is 0 Å². The molecule has 2 atom stereocenters. The number of benzene rings is 1. The molecule has 0 aliphatic heterocycles. The monoisotopic (exact) mass is 253 g/mol. The molecule has 0 unspecified atom stereocenters. The van der Waals surface area contributed by atoms with Gasteiger partial charge in [-0.1, -0.05) is 30.3 Å². The fourth-order valence-electron chi connectivity index (χ4n) is 1.15. The van der Waals surface area contributed by atoms with E-state index in [0.717, 1.165) is 6.66 Å². The van der Waals surface area contributed by atoms with Crippen LogP contribution in [0.3, 0.4) is 0 Å². The van der Waals surface area contributed by atoms with E-state index in [4.69, 9.17) is 5.50 Å². The lowest BCUT2D eigenvalue weighted by atomic mass is 10.1. The third-order valence-electron chi connectivity index (χ3n) is 1.71. The molecule has 3 nitrogen and oxygen atoms in total. The number of hydrogen-bond acceptors (Lipinski definition) is 2. The van der Waals surface area contributed by atoms with Gasteiger partial charge in [0.05, 0.1) is 0 Å². The van der Waals surface area contributed by atoms with Crippen molar-refractivity contribution in [2.24, 2.45) is 5.50 Å². The van der Waals surface area contributed by atoms with Crippen LogP contribution < -0.4 is 5.50 Å². The predicted molar refractivity (Wildman–Crippen MR) is 54.0 cm³/mol. The van der Waals surface area contributed by atoms with Crippen molar-refractivity contribution in [3.8, 4) is 0 Å². The molecule has 90 valence electrons. The molecule has 7 heteroatoms. The fraction of sp³-hybridized carbons (Fsp3) is 0.333. The van der Waals surface area contributed by atoms with E-state index in [9.17, 15) is 17.7 Å². The summed E-state index contributed by atoms with van der Waals surface area (Å²) in [5.41, 5.74) is 4.88. The second-order valence-electron chi connectivity index (χ2n) is 3.35. The molecule has 0 spiro atoms. The first-order chi connectivity index (χ1) is 7.20. The Morgan fingerprint density at radius 3 is 2.19 bits per heavy atom. The first-order valence-corrected chi connectivity index (χ1v) is 6.50. The highest BCUT2D eigenvalue weighted by Crippen LogP contribution is 2.46. The third-order valence-corrected chi connectivity index (χ3v) is 2.34. The van der Waals surface area contributed by atoms with E-state index in [0.29, 0.717) is 0 Å². The molecule has 0 heterocycles. The second-order valence-corrected chi connectivity index (χ2v) is 5.37. The molecule has 0 bridgehead atoms. The van der Waals surface area contributed by atoms with E-state index >= 15 is 0 Å². The summed E-state index contributed by atoms with van der Waals surface area (Å²) in [5.74, 6) is 0. The minimum Gasteiger partial charge on any atom is -0.300 e. The lowest BCUT2D eigenvalue weighted by molar-refractivity contribution is -0.197. The fourth-order valence-corrected chi connectivity index (χ4v) is 1.81. The maximum atomic E-state index is 12.6. The van der Waals surface area contributed by atoms with E-state index < -0.39 is 19.8 Å². The molecule has 0 aliphatic carbocycles. The number of nitrogens with two attached hydrogens (primary N) is 1. The van der Waals surface area contributed by atoms with E-state index in [1.54, 1.807) is 6.07 Å². The first kappa shape index (κ1) is 13.2. The van der Waals surface area contributed by atoms with Crippen LogP contribution >= 0.6 is 7.52 Å². The summed E-state index contributed by atoms with van der Waals surface area (Å²) in [6, 6.07) is 6.94. The van der Waals surface area contributed by atoms with Crippen LogP contribution in [0.5, 0.6) is 0 Å². The van der Waals surface area contributed by atoms with Gasteiger partial charge in [-0.3, -0.25) is 10.1 Å². The van der Waals surface area contributed by atoms with Gasteiger partial charge in [-0.25, -0.2) is 0 Å². The highest BCUT2D eigenvalue weighted by atomic mass is 31.2. The Hall–Kier alpha value is -0.840. The Labute approximate surface area is 90.9 Å². The van der Waals surface area contributed by atoms with Crippen molar-refractivity contribution < 1.29 is 22.3 Å². The number of hydrogen-bond donors (Lipinski definition) is 1. The van der Waals surface area contributed by atoms with Crippen LogP contribution in [0.1, 0.15) is 11.7 Å². The zero-order valence-corrected chi connectivity index (χ0v) is 9.33. The minimum atomic E-state index is -4.65. The molecule has 0 aliphatic rings. The first-order valence-electron chi connectivity index (χ1n) is 4.36. The molecule has 16 heavy (non-hydrogen) atoms. The second kappa shape index (κ2) is 4.57. The summed E-state index contributed by atoms with van der Waals surface area (Å²) in [4.78, 5) is 0. The van der Waals surface area contributed by atoms with E-state index in [1.165, 1.54) is 24.3 Å². The third kappa shape index (κ3) is 3.96. The van der Waals surface area contributed by atoms with Gasteiger partial charge in [0.15, 0.2) is 6.10 Å². The summed E-state index contributed by atoms with van der Waals surface area (Å²) in [6.07, 6.45) is -6.90. The molecule has 0 amide bonds. The molecule has 0 saturated carbocycles. The Balaban J connectivity index is 3.03. The Morgan fingerprint density at radius 1 is 1.31 bits per heavy atom. The molecular formula is C9H11F3NO2P. The summed E-state index contributed by atoms with van der Waals surface area (Å²) in [7, 11) is -3.70. The molecule has 0 radical (unpaired) electrons. The van der Waals surface area contributed by atoms with Crippen molar-refractivity contribution in [1.29, 1.82) is 0 Å². The van der Waals surface area contributed by atoms with Gasteiger partial charge in [0.25, 0.3) is 7.52 Å². The quantitative estimate of drug-likeness (QED) is 0.842. The molecule has 0 fully saturated rings. The van der Waals surface area contributed by atoms with Crippen molar-refractivity contribution in [2.45, 2.75) is 12.3 Å². The van der Waals surface area contributed by atoms with Crippen LogP contribution in [0.15, 0.2) is 30.3 Å². The van der Waals surface area contributed by atoms with E-state index in [2.05, 4.69) is 4.52 Å². The van der Waals surface area contributed by atoms with Gasteiger partial charge < -0.3 is 4.52 Å². The summed E-state index contributed by atoms with van der Waals surface area (Å²) < 4.78 is 53.4. The van der Waals surface area contributed by atoms with E-state index in [-0.39, 0.29) is 5.56 Å². The predicted octanol–water partition coefficient (Wildman–Crippen LogP) is 3.09. The normalized spacial score (nSPS) is 17.8. The summed E-state index contributed by atoms with van der Waals surface area (Å²) in [6.45, 7) is 0.939. The van der Waals surface area contributed by atoms with Gasteiger partial charge in [0, 0.05) is 6.66 Å². The van der Waals surface area contributed by atoms with Gasteiger partial charge in [0.2, 0.25) is 0 Å². The van der Waals surface area contributed by atoms with Crippen molar-refractivity contribution in [2.75, 3.05) is 6.66 Å². The SMILES string of the molecule is C[P@](N)(=O)O[C@H](c1ccccc1)C(F)(F)F. The lowest BCUT2D eigenvalue weighted by Gasteiger charge is -2.22. The molecule has 1 rings (SSSR count). The average molecular weight is 253 g/mol. The Bertz CT molecular complexity index is 387. The molecule has 1 aromatic rings. The summed E-state index contributed by atoms with van der Waals surface area (Å²) >= 11 is 0. The molecule has 2 N–H and O–H groups in total. The van der Waals surface area contributed by atoms with Crippen LogP contribution in [0.2, 0.25) is 0 Å². The molecule has 0 aromatic heterocycles. The standard InChI is InChI=1S/C9H11F3NO2P/c1-16(13,14)15-8(9(10,11)12)7-5-3-2-4-6-7/h2-6,8H,1H3,(H2,13,14)/t8-,16+/m1/s1.